The number of nitrogens with one attached hydrogen (secondary N) is 2. The van der Waals surface area contributed by atoms with Gasteiger partial charge in [-0.25, -0.2) is 9.97 Å². The van der Waals surface area contributed by atoms with Gasteiger partial charge < -0.3 is 15.1 Å². The van der Waals surface area contributed by atoms with Crippen LogP contribution in [0.5, 0.6) is 0 Å². The van der Waals surface area contributed by atoms with Gasteiger partial charge in [0.1, 0.15) is 11.5 Å². The van der Waals surface area contributed by atoms with Crippen molar-refractivity contribution in [1.82, 2.24) is 15.3 Å². The van der Waals surface area contributed by atoms with E-state index in [9.17, 15) is 18.0 Å². The predicted molar refractivity (Wildman–Crippen MR) is 115 cm³/mol. The fourth-order valence-electron chi connectivity index (χ4n) is 4.06. The molecule has 4 rings (SSSR count). The van der Waals surface area contributed by atoms with E-state index in [-0.39, 0.29) is 29.2 Å². The molecule has 0 atom stereocenters. The minimum Gasteiger partial charge on any atom is -0.445 e. The van der Waals surface area contributed by atoms with Crippen LogP contribution in [0.2, 0.25) is 5.02 Å². The van der Waals surface area contributed by atoms with Gasteiger partial charge in [-0.15, -0.1) is 0 Å². The first kappa shape index (κ1) is 22.4. The van der Waals surface area contributed by atoms with Gasteiger partial charge in [-0.05, 0) is 56.9 Å². The molecule has 1 saturated carbocycles. The second-order valence-corrected chi connectivity index (χ2v) is 8.45. The zero-order chi connectivity index (χ0) is 23.0. The number of aromatic nitrogens is 2. The summed E-state index contributed by atoms with van der Waals surface area (Å²) in [4.78, 5) is 20.3. The summed E-state index contributed by atoms with van der Waals surface area (Å²) in [5.74, 6) is 0.628. The van der Waals surface area contributed by atoms with Gasteiger partial charge in [0.25, 0.3) is 5.91 Å². The lowest BCUT2D eigenvalue weighted by Crippen LogP contribution is -2.40. The molecule has 3 aromatic rings. The summed E-state index contributed by atoms with van der Waals surface area (Å²) >= 11 is 6.06. The molecule has 0 bridgehead atoms. The number of nitrogens with zero attached hydrogens (tertiary/aromatic N) is 2. The number of benzene rings is 1. The van der Waals surface area contributed by atoms with Crippen LogP contribution in [0.1, 0.15) is 53.5 Å². The molecule has 0 spiro atoms. The standard InChI is InChI=1S/C22H22ClF3N4O2/c1-11-20(27-12(2)32-11)21(31)29-15-6-4-14(5-7-15)28-18-10-19(22(24,25)26)30-17-8-3-13(23)9-16(17)18/h3,8-10,14-15H,4-7H2,1-2H3,(H,28,30)(H,29,31). The molecule has 0 radical (unpaired) electrons. The third kappa shape index (κ3) is 4.82. The van der Waals surface area contributed by atoms with Crippen molar-refractivity contribution in [2.75, 3.05) is 5.32 Å². The molecule has 32 heavy (non-hydrogen) atoms. The first-order valence-electron chi connectivity index (χ1n) is 10.3. The van der Waals surface area contributed by atoms with E-state index in [1.807, 2.05) is 0 Å². The third-order valence-corrected chi connectivity index (χ3v) is 5.84. The van der Waals surface area contributed by atoms with Gasteiger partial charge in [0.2, 0.25) is 0 Å². The molecule has 0 saturated heterocycles. The molecule has 2 aromatic heterocycles. The molecule has 2 heterocycles. The van der Waals surface area contributed by atoms with E-state index >= 15 is 0 Å². The van der Waals surface area contributed by atoms with Crippen molar-refractivity contribution < 1.29 is 22.4 Å². The Hall–Kier alpha value is -2.81. The molecule has 2 N–H and O–H groups in total. The number of oxazole rings is 1. The molecule has 1 aliphatic carbocycles. The molecule has 1 amide bonds. The number of alkyl halides is 3. The number of amides is 1. The van der Waals surface area contributed by atoms with Crippen LogP contribution in [0.25, 0.3) is 10.9 Å². The highest BCUT2D eigenvalue weighted by Crippen LogP contribution is 2.35. The number of hydrogen-bond donors (Lipinski definition) is 2. The van der Waals surface area contributed by atoms with Crippen LogP contribution in [0.3, 0.4) is 0 Å². The highest BCUT2D eigenvalue weighted by molar-refractivity contribution is 6.31. The Balaban J connectivity index is 1.45. The molecule has 0 unspecified atom stereocenters. The van der Waals surface area contributed by atoms with Crippen LogP contribution in [-0.2, 0) is 6.18 Å². The van der Waals surface area contributed by atoms with Crippen molar-refractivity contribution in [3.8, 4) is 0 Å². The molecule has 1 fully saturated rings. The van der Waals surface area contributed by atoms with E-state index in [0.717, 1.165) is 6.07 Å². The Morgan fingerprint density at radius 2 is 1.78 bits per heavy atom. The van der Waals surface area contributed by atoms with E-state index in [0.29, 0.717) is 53.4 Å². The Morgan fingerprint density at radius 3 is 2.41 bits per heavy atom. The minimum absolute atomic E-state index is 0.0358. The van der Waals surface area contributed by atoms with Gasteiger partial charge in [-0.2, -0.15) is 13.2 Å². The number of hydrogen-bond acceptors (Lipinski definition) is 5. The van der Waals surface area contributed by atoms with E-state index in [1.54, 1.807) is 19.9 Å². The van der Waals surface area contributed by atoms with Crippen molar-refractivity contribution in [1.29, 1.82) is 0 Å². The first-order valence-corrected chi connectivity index (χ1v) is 10.7. The molecule has 1 aromatic carbocycles. The Morgan fingerprint density at radius 1 is 1.09 bits per heavy atom. The number of aryl methyl sites for hydroxylation is 2. The van der Waals surface area contributed by atoms with Gasteiger partial charge in [0, 0.05) is 35.1 Å². The van der Waals surface area contributed by atoms with Crippen molar-refractivity contribution in [3.63, 3.8) is 0 Å². The summed E-state index contributed by atoms with van der Waals surface area (Å²) in [7, 11) is 0. The number of halogens is 4. The lowest BCUT2D eigenvalue weighted by Gasteiger charge is -2.30. The fourth-order valence-corrected chi connectivity index (χ4v) is 4.23. The van der Waals surface area contributed by atoms with Crippen LogP contribution < -0.4 is 10.6 Å². The number of carbonyl (C=O) groups is 1. The van der Waals surface area contributed by atoms with Crippen LogP contribution in [0.4, 0.5) is 18.9 Å². The molecule has 0 aliphatic heterocycles. The van der Waals surface area contributed by atoms with E-state index in [1.165, 1.54) is 12.1 Å². The average molecular weight is 467 g/mol. The second-order valence-electron chi connectivity index (χ2n) is 8.02. The summed E-state index contributed by atoms with van der Waals surface area (Å²) < 4.78 is 45.3. The number of rotatable bonds is 4. The number of pyridine rings is 1. The first-order chi connectivity index (χ1) is 15.1. The smallest absolute Gasteiger partial charge is 0.433 e. The Bertz CT molecular complexity index is 1150. The van der Waals surface area contributed by atoms with Gasteiger partial charge in [-0.3, -0.25) is 4.79 Å². The largest absolute Gasteiger partial charge is 0.445 e. The van der Waals surface area contributed by atoms with Crippen molar-refractivity contribution in [2.24, 2.45) is 0 Å². The molecule has 170 valence electrons. The Kier molecular flexibility index (Phi) is 6.03. The summed E-state index contributed by atoms with van der Waals surface area (Å²) in [6, 6.07) is 5.57. The van der Waals surface area contributed by atoms with Crippen molar-refractivity contribution in [2.45, 2.75) is 57.8 Å². The average Bonchev–Trinajstić information content (AvgIpc) is 3.07. The van der Waals surface area contributed by atoms with Crippen LogP contribution in [-0.4, -0.2) is 28.0 Å². The SMILES string of the molecule is Cc1nc(C(=O)NC2CCC(Nc3cc(C(F)(F)F)nc4ccc(Cl)cc34)CC2)c(C)o1. The van der Waals surface area contributed by atoms with E-state index in [4.69, 9.17) is 16.0 Å². The molecular weight excluding hydrogens is 445 g/mol. The monoisotopic (exact) mass is 466 g/mol. The molecule has 1 aliphatic rings. The van der Waals surface area contributed by atoms with Crippen LogP contribution >= 0.6 is 11.6 Å². The second kappa shape index (κ2) is 8.61. The third-order valence-electron chi connectivity index (χ3n) is 5.60. The van der Waals surface area contributed by atoms with Crippen molar-refractivity contribution in [3.05, 3.63) is 52.3 Å². The zero-order valence-electron chi connectivity index (χ0n) is 17.5. The highest BCUT2D eigenvalue weighted by atomic mass is 35.5. The maximum Gasteiger partial charge on any atom is 0.433 e. The fraction of sp³-hybridized carbons (Fsp3) is 0.409. The lowest BCUT2D eigenvalue weighted by atomic mass is 9.90. The maximum atomic E-state index is 13.3. The maximum absolute atomic E-state index is 13.3. The number of carbonyl (C=O) groups excluding carboxylic acids is 1. The van der Waals surface area contributed by atoms with Gasteiger partial charge in [-0.1, -0.05) is 11.6 Å². The van der Waals surface area contributed by atoms with Gasteiger partial charge >= 0.3 is 6.18 Å². The molecule has 10 heteroatoms. The van der Waals surface area contributed by atoms with Crippen LogP contribution in [0.15, 0.2) is 28.7 Å². The van der Waals surface area contributed by atoms with Gasteiger partial charge in [0.05, 0.1) is 5.52 Å². The summed E-state index contributed by atoms with van der Waals surface area (Å²) in [6.07, 6.45) is -1.80. The van der Waals surface area contributed by atoms with E-state index in [2.05, 4.69) is 20.6 Å². The minimum atomic E-state index is -4.55. The highest BCUT2D eigenvalue weighted by Gasteiger charge is 2.34. The Labute approximate surface area is 187 Å². The lowest BCUT2D eigenvalue weighted by molar-refractivity contribution is -0.140. The van der Waals surface area contributed by atoms with E-state index < -0.39 is 11.9 Å². The number of anilines is 1. The number of fused-ring (bicyclic) bond motifs is 1. The quantitative estimate of drug-likeness (QED) is 0.518. The topological polar surface area (TPSA) is 80.0 Å². The normalized spacial score (nSPS) is 19.2. The summed E-state index contributed by atoms with van der Waals surface area (Å²) in [5, 5.41) is 7.18. The summed E-state index contributed by atoms with van der Waals surface area (Å²) in [5.41, 5.74) is -0.0893. The zero-order valence-corrected chi connectivity index (χ0v) is 18.3. The molecule has 6 nitrogen and oxygen atoms in total. The molecular formula is C22H22ClF3N4O2. The van der Waals surface area contributed by atoms with Gasteiger partial charge in [0.15, 0.2) is 11.6 Å². The van der Waals surface area contributed by atoms with Crippen molar-refractivity contribution >= 4 is 34.1 Å². The van der Waals surface area contributed by atoms with Crippen LogP contribution in [0, 0.1) is 13.8 Å². The summed E-state index contributed by atoms with van der Waals surface area (Å²) in [6.45, 7) is 3.37. The predicted octanol–water partition coefficient (Wildman–Crippen LogP) is 5.66.